The van der Waals surface area contributed by atoms with Crippen LogP contribution >= 0.6 is 0 Å². The minimum Gasteiger partial charge on any atom is -0.0269 e. The number of rotatable bonds is 14. The molecule has 0 bridgehead atoms. The zero-order valence-electron chi connectivity index (χ0n) is 30.4. The molecular formula is C38H58IN2O9-. The van der Waals surface area contributed by atoms with Crippen LogP contribution < -0.4 is 21.6 Å². The molecular weight excluding hydrogens is 755 g/mol. The zero-order chi connectivity index (χ0) is 35.7. The molecule has 2 aliphatic carbocycles. The van der Waals surface area contributed by atoms with Crippen LogP contribution in [0.3, 0.4) is 0 Å². The molecule has 5 rings (SSSR count). The van der Waals surface area contributed by atoms with Gasteiger partial charge in [-0.05, 0) is 12.8 Å². The molecule has 282 valence electrons. The molecule has 12 heteroatoms. The Hall–Kier alpha value is -2.08. The Labute approximate surface area is 309 Å². The predicted molar refractivity (Wildman–Crippen MR) is 182 cm³/mol. The number of amides is 1. The number of nitrogens with zero attached hydrogens (tertiary/aromatic N) is 2. The van der Waals surface area contributed by atoms with Crippen molar-refractivity contribution in [2.24, 2.45) is 34.5 Å². The van der Waals surface area contributed by atoms with Crippen LogP contribution in [-0.4, -0.2) is 96.9 Å². The van der Waals surface area contributed by atoms with E-state index in [1.54, 1.807) is 4.90 Å². The molecule has 50 heavy (non-hydrogen) atoms. The first-order chi connectivity index (χ1) is 23.9. The molecule has 0 aromatic heterocycles. The summed E-state index contributed by atoms with van der Waals surface area (Å²) in [6.07, 6.45) is 21.1. The van der Waals surface area contributed by atoms with E-state index in [4.69, 9.17) is 33.2 Å². The standard InChI is InChI=1S/C38H58IN2O9/c1-6-46-35-32(49-35)40-19-15-28(16-20-40)33(42)47-25-37(2,3)23-45-24-38(4,5)26-48-34(43)29-17-21-41(22-18-29)36(44)50-39-31-14-13-27-11-9-7-8-10-12-30(27)31/h1,7-8,27-32,35H,9-26H2,2-5H3/q-1/t27?,30-,31+,32?,35?/m1/s1. The van der Waals surface area contributed by atoms with Crippen molar-refractivity contribution in [2.75, 3.05) is 52.6 Å². The molecule has 3 aliphatic heterocycles. The maximum atomic E-state index is 12.9. The molecule has 1 saturated carbocycles. The number of esters is 2. The summed E-state index contributed by atoms with van der Waals surface area (Å²) in [7, 11) is 0. The predicted octanol–water partition coefficient (Wildman–Crippen LogP) is 2.52. The third-order valence-corrected chi connectivity index (χ3v) is 13.6. The molecule has 0 aromatic carbocycles. The summed E-state index contributed by atoms with van der Waals surface area (Å²) >= 11 is -0.636. The molecule has 0 radical (unpaired) electrons. The van der Waals surface area contributed by atoms with E-state index in [1.165, 1.54) is 32.1 Å². The van der Waals surface area contributed by atoms with Crippen molar-refractivity contribution < 1.29 is 62.8 Å². The van der Waals surface area contributed by atoms with Crippen LogP contribution in [0, 0.1) is 47.0 Å². The SMILES string of the molecule is C#COC1OC1N1CCC(C(=O)OCC(C)(C)COCC(C)(C)COC(=O)C2CCN(C(=O)O[I-][C@H]3CCC4CCC=CCC[C@H]43)CC2)CC1. The molecule has 5 aliphatic rings. The van der Waals surface area contributed by atoms with Gasteiger partial charge >= 0.3 is 197 Å². The van der Waals surface area contributed by atoms with E-state index in [9.17, 15) is 14.4 Å². The molecule has 4 fully saturated rings. The summed E-state index contributed by atoms with van der Waals surface area (Å²) in [5.74, 6) is 0.763. The molecule has 0 spiro atoms. The van der Waals surface area contributed by atoms with Gasteiger partial charge in [0.05, 0.1) is 19.1 Å². The average molecular weight is 814 g/mol. The topological polar surface area (TPSA) is 116 Å². The van der Waals surface area contributed by atoms with Crippen molar-refractivity contribution in [3.8, 4) is 12.5 Å². The summed E-state index contributed by atoms with van der Waals surface area (Å²) in [5, 5.41) is 0. The van der Waals surface area contributed by atoms with Crippen LogP contribution in [0.2, 0.25) is 0 Å². The number of epoxide rings is 1. The maximum Gasteiger partial charge on any atom is 0.00161 e. The van der Waals surface area contributed by atoms with Gasteiger partial charge in [0.25, 0.3) is 6.29 Å². The van der Waals surface area contributed by atoms with E-state index in [0.717, 1.165) is 25.4 Å². The smallest absolute Gasteiger partial charge is 0.00161 e. The number of hydrogen-bond acceptors (Lipinski definition) is 10. The van der Waals surface area contributed by atoms with Gasteiger partial charge < -0.3 is 14.2 Å². The zero-order valence-corrected chi connectivity index (χ0v) is 32.6. The molecule has 3 saturated heterocycles. The molecule has 1 amide bonds. The summed E-state index contributed by atoms with van der Waals surface area (Å²) in [6.45, 7) is 11.9. The van der Waals surface area contributed by atoms with Crippen molar-refractivity contribution in [2.45, 2.75) is 108 Å². The van der Waals surface area contributed by atoms with Gasteiger partial charge in [0.15, 0.2) is 6.23 Å². The fourth-order valence-corrected chi connectivity index (χ4v) is 10.4. The summed E-state index contributed by atoms with van der Waals surface area (Å²) in [4.78, 5) is 42.5. The Morgan fingerprint density at radius 1 is 0.800 bits per heavy atom. The Morgan fingerprint density at radius 3 is 1.98 bits per heavy atom. The van der Waals surface area contributed by atoms with Crippen molar-refractivity contribution in [3.05, 3.63) is 12.2 Å². The third kappa shape index (κ3) is 11.5. The first-order valence-electron chi connectivity index (χ1n) is 18.6. The Balaban J connectivity index is 0.918. The minimum absolute atomic E-state index is 0.119. The fourth-order valence-electron chi connectivity index (χ4n) is 7.61. The van der Waals surface area contributed by atoms with Crippen molar-refractivity contribution in [3.63, 3.8) is 0 Å². The van der Waals surface area contributed by atoms with Gasteiger partial charge in [-0.25, -0.2) is 0 Å². The third-order valence-electron chi connectivity index (χ3n) is 10.8. The largest absolute Gasteiger partial charge is 0.0269 e. The van der Waals surface area contributed by atoms with Crippen molar-refractivity contribution in [1.29, 1.82) is 0 Å². The maximum absolute atomic E-state index is 12.9. The van der Waals surface area contributed by atoms with E-state index in [-0.39, 0.29) is 66.4 Å². The second-order valence-electron chi connectivity index (χ2n) is 16.3. The normalized spacial score (nSPS) is 28.2. The van der Waals surface area contributed by atoms with Crippen LogP contribution in [0.1, 0.15) is 91.9 Å². The molecule has 0 N–H and O–H groups in total. The minimum atomic E-state index is -0.636. The number of carbonyl (C=O) groups excluding carboxylic acids is 3. The number of ether oxygens (including phenoxy) is 5. The van der Waals surface area contributed by atoms with Crippen LogP contribution in [0.4, 0.5) is 4.79 Å². The number of piperidine rings is 2. The number of carbonyl (C=O) groups is 3. The monoisotopic (exact) mass is 813 g/mol. The van der Waals surface area contributed by atoms with Gasteiger partial charge in [-0.3, -0.25) is 9.69 Å². The van der Waals surface area contributed by atoms with Gasteiger partial charge in [0.1, 0.15) is 6.11 Å². The second-order valence-corrected chi connectivity index (χ2v) is 18.9. The number of alkyl halides is 1. The summed E-state index contributed by atoms with van der Waals surface area (Å²) in [5.41, 5.74) is -0.750. The first-order valence-corrected chi connectivity index (χ1v) is 20.7. The molecule has 3 unspecified atom stereocenters. The first kappa shape index (κ1) is 39.1. The van der Waals surface area contributed by atoms with Crippen molar-refractivity contribution >= 4 is 18.0 Å². The van der Waals surface area contributed by atoms with Crippen LogP contribution in [-0.2, 0) is 36.3 Å². The molecule has 11 nitrogen and oxygen atoms in total. The van der Waals surface area contributed by atoms with E-state index < -0.39 is 21.6 Å². The number of fused-ring (bicyclic) bond motifs is 1. The second kappa shape index (κ2) is 18.1. The van der Waals surface area contributed by atoms with Gasteiger partial charge in [-0.15, -0.1) is 0 Å². The Bertz CT molecular complexity index is 1220. The van der Waals surface area contributed by atoms with E-state index in [2.05, 4.69) is 23.2 Å². The number of allylic oxidation sites excluding steroid dienone is 2. The molecule has 0 aromatic rings. The van der Waals surface area contributed by atoms with E-state index in [1.807, 2.05) is 27.7 Å². The molecule has 5 atom stereocenters. The van der Waals surface area contributed by atoms with Gasteiger partial charge in [-0.2, -0.15) is 0 Å². The number of terminal acetylenes is 1. The number of likely N-dealkylation sites (tertiary alicyclic amines) is 2. The Morgan fingerprint density at radius 2 is 1.38 bits per heavy atom. The van der Waals surface area contributed by atoms with Crippen LogP contribution in [0.15, 0.2) is 12.2 Å². The summed E-state index contributed by atoms with van der Waals surface area (Å²) in [6, 6.07) is 0. The number of halogens is 1. The fraction of sp³-hybridized carbons (Fsp3) is 0.816. The quantitative estimate of drug-likeness (QED) is 0.0648. The molecule has 3 heterocycles. The van der Waals surface area contributed by atoms with E-state index >= 15 is 0 Å². The average Bonchev–Trinajstić information content (AvgIpc) is 3.76. The van der Waals surface area contributed by atoms with Gasteiger partial charge in [0.2, 0.25) is 0 Å². The van der Waals surface area contributed by atoms with Gasteiger partial charge in [-0.1, -0.05) is 20.3 Å². The summed E-state index contributed by atoms with van der Waals surface area (Å²) < 4.78 is 34.5. The van der Waals surface area contributed by atoms with Crippen LogP contribution in [0.25, 0.3) is 0 Å². The van der Waals surface area contributed by atoms with E-state index in [0.29, 0.717) is 61.8 Å². The number of hydrogen-bond donors (Lipinski definition) is 0. The van der Waals surface area contributed by atoms with Crippen molar-refractivity contribution in [1.82, 2.24) is 9.80 Å². The van der Waals surface area contributed by atoms with Gasteiger partial charge in [0, 0.05) is 18.5 Å². The van der Waals surface area contributed by atoms with Crippen LogP contribution in [0.5, 0.6) is 0 Å². The Kier molecular flexibility index (Phi) is 14.2.